The molecule has 0 amide bonds. The van der Waals surface area contributed by atoms with Gasteiger partial charge in [0.05, 0.1) is 4.34 Å². The third kappa shape index (κ3) is 2.36. The summed E-state index contributed by atoms with van der Waals surface area (Å²) in [7, 11) is 0. The molecule has 0 spiro atoms. The summed E-state index contributed by atoms with van der Waals surface area (Å²) in [5.41, 5.74) is 1.58. The van der Waals surface area contributed by atoms with Crippen LogP contribution in [-0.2, 0) is 4.79 Å². The molecule has 0 atom stereocenters. The summed E-state index contributed by atoms with van der Waals surface area (Å²) in [6.45, 7) is 1.74. The van der Waals surface area contributed by atoms with Crippen LogP contribution in [0.5, 0.6) is 0 Å². The molecule has 0 aliphatic carbocycles. The predicted molar refractivity (Wildman–Crippen MR) is 50.6 cm³/mol. The van der Waals surface area contributed by atoms with Crippen molar-refractivity contribution in [3.63, 3.8) is 0 Å². The van der Waals surface area contributed by atoms with E-state index in [1.807, 2.05) is 5.38 Å². The molecule has 1 rings (SSSR count). The third-order valence-corrected chi connectivity index (χ3v) is 2.45. The molecule has 64 valence electrons. The van der Waals surface area contributed by atoms with Gasteiger partial charge in [-0.3, -0.25) is 0 Å². The van der Waals surface area contributed by atoms with Crippen LogP contribution >= 0.6 is 22.9 Å². The first-order valence-corrected chi connectivity index (χ1v) is 4.51. The summed E-state index contributed by atoms with van der Waals surface area (Å²) >= 11 is 7.08. The highest BCUT2D eigenvalue weighted by atomic mass is 35.5. The minimum absolute atomic E-state index is 0.670. The van der Waals surface area contributed by atoms with E-state index in [0.29, 0.717) is 9.91 Å². The highest BCUT2D eigenvalue weighted by molar-refractivity contribution is 7.14. The Morgan fingerprint density at radius 2 is 2.42 bits per heavy atom. The summed E-state index contributed by atoms with van der Waals surface area (Å²) in [5, 5.41) is 10.3. The molecule has 1 heterocycles. The number of hydrogen-bond donors (Lipinski definition) is 1. The highest BCUT2D eigenvalue weighted by Crippen LogP contribution is 2.24. The summed E-state index contributed by atoms with van der Waals surface area (Å²) in [6, 6.07) is 1.75. The van der Waals surface area contributed by atoms with Crippen molar-refractivity contribution in [1.82, 2.24) is 0 Å². The molecule has 0 bridgehead atoms. The second-order valence-corrected chi connectivity index (χ2v) is 3.85. The van der Waals surface area contributed by atoms with Crippen LogP contribution in [-0.4, -0.2) is 11.1 Å². The minimum atomic E-state index is -0.935. The second-order valence-electron chi connectivity index (χ2n) is 2.31. The second kappa shape index (κ2) is 3.74. The summed E-state index contributed by atoms with van der Waals surface area (Å²) in [4.78, 5) is 10.3. The van der Waals surface area contributed by atoms with E-state index < -0.39 is 5.97 Å². The monoisotopic (exact) mass is 202 g/mol. The first-order chi connectivity index (χ1) is 5.59. The average Bonchev–Trinajstić information content (AvgIpc) is 2.34. The average molecular weight is 203 g/mol. The van der Waals surface area contributed by atoms with Gasteiger partial charge in [0, 0.05) is 6.08 Å². The standard InChI is InChI=1S/C8H7ClO2S/c1-5(2-8(10)11)6-3-7(9)12-4-6/h2-4H,1H3,(H,10,11). The van der Waals surface area contributed by atoms with Crippen molar-refractivity contribution >= 4 is 34.5 Å². The first kappa shape index (κ1) is 9.29. The quantitative estimate of drug-likeness (QED) is 0.749. The van der Waals surface area contributed by atoms with Crippen molar-refractivity contribution in [2.45, 2.75) is 6.92 Å². The van der Waals surface area contributed by atoms with Crippen molar-refractivity contribution in [3.8, 4) is 0 Å². The molecule has 0 fully saturated rings. The Balaban J connectivity index is 2.91. The van der Waals surface area contributed by atoms with Gasteiger partial charge in [0.1, 0.15) is 0 Å². The molecule has 0 saturated carbocycles. The lowest BCUT2D eigenvalue weighted by Crippen LogP contribution is -1.88. The SMILES string of the molecule is CC(=CC(=O)O)c1csc(Cl)c1. The Hall–Kier alpha value is -0.800. The zero-order valence-corrected chi connectivity index (χ0v) is 7.95. The molecule has 0 radical (unpaired) electrons. The van der Waals surface area contributed by atoms with E-state index in [2.05, 4.69) is 0 Å². The van der Waals surface area contributed by atoms with E-state index in [1.54, 1.807) is 13.0 Å². The fourth-order valence-corrected chi connectivity index (χ4v) is 1.73. The molecule has 0 aliphatic rings. The van der Waals surface area contributed by atoms with Gasteiger partial charge in [0.15, 0.2) is 0 Å². The van der Waals surface area contributed by atoms with Gasteiger partial charge in [-0.25, -0.2) is 4.79 Å². The van der Waals surface area contributed by atoms with Crippen molar-refractivity contribution in [2.24, 2.45) is 0 Å². The number of aliphatic carboxylic acids is 1. The van der Waals surface area contributed by atoms with Crippen LogP contribution in [0, 0.1) is 0 Å². The summed E-state index contributed by atoms with van der Waals surface area (Å²) < 4.78 is 0.670. The Bertz CT molecular complexity index is 328. The van der Waals surface area contributed by atoms with Crippen molar-refractivity contribution < 1.29 is 9.90 Å². The topological polar surface area (TPSA) is 37.3 Å². The zero-order chi connectivity index (χ0) is 9.14. The van der Waals surface area contributed by atoms with Gasteiger partial charge in [-0.05, 0) is 29.5 Å². The molecular weight excluding hydrogens is 196 g/mol. The minimum Gasteiger partial charge on any atom is -0.478 e. The molecule has 4 heteroatoms. The van der Waals surface area contributed by atoms with E-state index >= 15 is 0 Å². The van der Waals surface area contributed by atoms with Crippen LogP contribution in [0.2, 0.25) is 4.34 Å². The number of thiophene rings is 1. The maximum atomic E-state index is 10.3. The maximum absolute atomic E-state index is 10.3. The fraction of sp³-hybridized carbons (Fsp3) is 0.125. The smallest absolute Gasteiger partial charge is 0.328 e. The van der Waals surface area contributed by atoms with E-state index in [9.17, 15) is 4.79 Å². The Morgan fingerprint density at radius 1 is 1.75 bits per heavy atom. The maximum Gasteiger partial charge on any atom is 0.328 e. The molecule has 0 aromatic carbocycles. The number of hydrogen-bond acceptors (Lipinski definition) is 2. The van der Waals surface area contributed by atoms with Gasteiger partial charge in [-0.1, -0.05) is 11.6 Å². The van der Waals surface area contributed by atoms with Crippen LogP contribution < -0.4 is 0 Å². The van der Waals surface area contributed by atoms with Gasteiger partial charge in [0.25, 0.3) is 0 Å². The largest absolute Gasteiger partial charge is 0.478 e. The summed E-state index contributed by atoms with van der Waals surface area (Å²) in [5.74, 6) is -0.935. The molecule has 2 nitrogen and oxygen atoms in total. The van der Waals surface area contributed by atoms with E-state index in [1.165, 1.54) is 17.4 Å². The molecule has 1 aromatic heterocycles. The van der Waals surface area contributed by atoms with E-state index in [-0.39, 0.29) is 0 Å². The Morgan fingerprint density at radius 3 is 2.83 bits per heavy atom. The van der Waals surface area contributed by atoms with Gasteiger partial charge >= 0.3 is 5.97 Å². The molecular formula is C8H7ClO2S. The molecule has 0 aliphatic heterocycles. The lowest BCUT2D eigenvalue weighted by atomic mass is 10.1. The fourth-order valence-electron chi connectivity index (χ4n) is 0.785. The highest BCUT2D eigenvalue weighted by Gasteiger charge is 2.00. The predicted octanol–water partition coefficient (Wildman–Crippen LogP) is 2.89. The third-order valence-electron chi connectivity index (χ3n) is 1.36. The number of carbonyl (C=O) groups is 1. The van der Waals surface area contributed by atoms with Crippen LogP contribution in [0.25, 0.3) is 5.57 Å². The Kier molecular flexibility index (Phi) is 2.89. The van der Waals surface area contributed by atoms with Gasteiger partial charge in [-0.15, -0.1) is 11.3 Å². The molecule has 12 heavy (non-hydrogen) atoms. The molecule has 1 N–H and O–H groups in total. The van der Waals surface area contributed by atoms with E-state index in [4.69, 9.17) is 16.7 Å². The van der Waals surface area contributed by atoms with Gasteiger partial charge < -0.3 is 5.11 Å². The number of allylic oxidation sites excluding steroid dienone is 1. The molecule has 1 aromatic rings. The van der Waals surface area contributed by atoms with Crippen LogP contribution in [0.1, 0.15) is 12.5 Å². The lowest BCUT2D eigenvalue weighted by Gasteiger charge is -1.92. The van der Waals surface area contributed by atoms with Crippen LogP contribution in [0.3, 0.4) is 0 Å². The molecule has 0 unspecified atom stereocenters. The number of carboxylic acid groups (broad SMARTS) is 1. The Labute approximate surface area is 79.1 Å². The number of rotatable bonds is 2. The van der Waals surface area contributed by atoms with Crippen molar-refractivity contribution in [3.05, 3.63) is 27.4 Å². The number of carboxylic acids is 1. The summed E-state index contributed by atoms with van der Waals surface area (Å²) in [6.07, 6.45) is 1.17. The zero-order valence-electron chi connectivity index (χ0n) is 6.37. The number of halogens is 1. The van der Waals surface area contributed by atoms with Gasteiger partial charge in [-0.2, -0.15) is 0 Å². The lowest BCUT2D eigenvalue weighted by molar-refractivity contribution is -0.131. The molecule has 0 saturated heterocycles. The van der Waals surface area contributed by atoms with Crippen molar-refractivity contribution in [2.75, 3.05) is 0 Å². The normalized spacial score (nSPS) is 11.7. The van der Waals surface area contributed by atoms with E-state index in [0.717, 1.165) is 5.56 Å². The van der Waals surface area contributed by atoms with Crippen LogP contribution in [0.4, 0.5) is 0 Å². The van der Waals surface area contributed by atoms with Crippen LogP contribution in [0.15, 0.2) is 17.5 Å². The van der Waals surface area contributed by atoms with Crippen molar-refractivity contribution in [1.29, 1.82) is 0 Å². The first-order valence-electron chi connectivity index (χ1n) is 3.25. The van der Waals surface area contributed by atoms with Gasteiger partial charge in [0.2, 0.25) is 0 Å².